The van der Waals surface area contributed by atoms with Gasteiger partial charge in [0.25, 0.3) is 10.0 Å². The van der Waals surface area contributed by atoms with Crippen LogP contribution in [0.2, 0.25) is 0 Å². The molecular weight excluding hydrogens is 479 g/mol. The van der Waals surface area contributed by atoms with Gasteiger partial charge in [-0.15, -0.1) is 0 Å². The van der Waals surface area contributed by atoms with Crippen LogP contribution in [0.3, 0.4) is 0 Å². The van der Waals surface area contributed by atoms with Crippen LogP contribution in [0, 0.1) is 10.7 Å². The molecule has 5 nitrogen and oxygen atoms in total. The molecule has 0 atom stereocenters. The minimum atomic E-state index is -3.71. The lowest BCUT2D eigenvalue weighted by Gasteiger charge is -2.26. The zero-order valence-corrected chi connectivity index (χ0v) is 19.8. The summed E-state index contributed by atoms with van der Waals surface area (Å²) >= 11 is 7.19. The van der Waals surface area contributed by atoms with Crippen molar-refractivity contribution in [1.82, 2.24) is 4.83 Å². The molecule has 0 fully saturated rings. The third kappa shape index (κ3) is 3.63. The van der Waals surface area contributed by atoms with E-state index in [9.17, 15) is 8.42 Å². The Hall–Kier alpha value is -0.760. The summed E-state index contributed by atoms with van der Waals surface area (Å²) in [5, 5.41) is 4.24. The number of nitrogens with one attached hydrogen (secondary N) is 1. The highest BCUT2D eigenvalue weighted by atomic mass is 32.9. The minimum absolute atomic E-state index is 0.197. The van der Waals surface area contributed by atoms with Crippen LogP contribution in [0.4, 0.5) is 11.4 Å². The van der Waals surface area contributed by atoms with Crippen LogP contribution < -0.4 is 14.4 Å². The Morgan fingerprint density at radius 3 is 2.44 bits per heavy atom. The zero-order chi connectivity index (χ0) is 19.2. The van der Waals surface area contributed by atoms with Gasteiger partial charge in [-0.2, -0.15) is 18.4 Å². The predicted octanol–water partition coefficient (Wildman–Crippen LogP) is 5.39. The molecule has 0 saturated carbocycles. The third-order valence-corrected chi connectivity index (χ3v) is 12.3. The van der Waals surface area contributed by atoms with Crippen molar-refractivity contribution in [3.8, 4) is 0 Å². The Bertz CT molecular complexity index is 1220. The first-order chi connectivity index (χ1) is 12.9. The largest absolute Gasteiger partial charge is 0.334 e. The number of sulfonamides is 1. The zero-order valence-electron chi connectivity index (χ0n) is 14.1. The molecule has 1 aliphatic rings. The van der Waals surface area contributed by atoms with Crippen LogP contribution in [0.25, 0.3) is 0 Å². The van der Waals surface area contributed by atoms with Crippen LogP contribution in [-0.4, -0.2) is 15.0 Å². The molecule has 3 aromatic rings. The lowest BCUT2D eigenvalue weighted by molar-refractivity contribution is 0.583. The summed E-state index contributed by atoms with van der Waals surface area (Å²) in [4.78, 5) is 4.72. The molecule has 0 saturated heterocycles. The normalized spacial score (nSPS) is 14.1. The number of nitrogens with zero attached hydrogens (tertiary/aromatic N) is 2. The van der Waals surface area contributed by atoms with E-state index in [-0.39, 0.29) is 4.90 Å². The molecule has 1 aromatic carbocycles. The second-order valence-corrected chi connectivity index (χ2v) is 13.7. The smallest absolute Gasteiger partial charge is 0.276 e. The van der Waals surface area contributed by atoms with Crippen molar-refractivity contribution in [2.45, 2.75) is 27.2 Å². The van der Waals surface area contributed by atoms with Gasteiger partial charge in [-0.25, -0.2) is 0 Å². The molecule has 0 radical (unpaired) electrons. The summed E-state index contributed by atoms with van der Waals surface area (Å²) in [5.41, 5.74) is 2.99. The van der Waals surface area contributed by atoms with Crippen LogP contribution in [0.15, 0.2) is 42.7 Å². The van der Waals surface area contributed by atoms with Crippen molar-refractivity contribution in [2.75, 3.05) is 11.4 Å². The number of aryl methyl sites for hydroxylation is 1. The Labute approximate surface area is 180 Å². The Balaban J connectivity index is 1.73. The first-order valence-electron chi connectivity index (χ1n) is 7.74. The number of fused-ring (bicyclic) bond motifs is 2. The van der Waals surface area contributed by atoms with E-state index in [4.69, 9.17) is 12.2 Å². The van der Waals surface area contributed by atoms with Crippen molar-refractivity contribution in [2.24, 2.45) is 5.10 Å². The minimum Gasteiger partial charge on any atom is -0.334 e. The number of benzene rings is 1. The van der Waals surface area contributed by atoms with E-state index >= 15 is 0 Å². The molecule has 12 heteroatoms. The van der Waals surface area contributed by atoms with Crippen molar-refractivity contribution in [3.05, 3.63) is 38.3 Å². The van der Waals surface area contributed by atoms with Gasteiger partial charge in [0.2, 0.25) is 0 Å². The number of hydrogen-bond donors (Lipinski definition) is 1. The Morgan fingerprint density at radius 2 is 1.74 bits per heavy atom. The topological polar surface area (TPSA) is 61.8 Å². The van der Waals surface area contributed by atoms with E-state index in [1.807, 2.05) is 6.92 Å². The van der Waals surface area contributed by atoms with E-state index in [1.165, 1.54) is 14.5 Å². The molecule has 0 spiro atoms. The maximum atomic E-state index is 12.5. The van der Waals surface area contributed by atoms with Crippen LogP contribution in [0.5, 0.6) is 0 Å². The molecule has 2 aromatic heterocycles. The first kappa shape index (κ1) is 19.6. The number of anilines is 2. The van der Waals surface area contributed by atoms with E-state index in [0.29, 0.717) is 4.67 Å². The fourth-order valence-electron chi connectivity index (χ4n) is 2.51. The number of rotatable bonds is 4. The van der Waals surface area contributed by atoms with Crippen molar-refractivity contribution >= 4 is 86.7 Å². The first-order valence-corrected chi connectivity index (χ1v) is 14.8. The number of hydrogen-bond acceptors (Lipinski definition) is 10. The fraction of sp³-hybridized carbons (Fsp3) is 0.200. The molecule has 1 N–H and O–H groups in total. The monoisotopic (exact) mass is 491 g/mol. The molecular formula is C15H13N3O2S7. The second-order valence-electron chi connectivity index (χ2n) is 5.56. The summed E-state index contributed by atoms with van der Waals surface area (Å²) in [6.45, 7) is 4.71. The molecule has 3 heterocycles. The molecule has 1 aliphatic heterocycles. The summed E-state index contributed by atoms with van der Waals surface area (Å²) < 4.78 is 28.9. The van der Waals surface area contributed by atoms with Gasteiger partial charge in [-0.3, -0.25) is 0 Å². The van der Waals surface area contributed by atoms with Crippen LogP contribution in [0.1, 0.15) is 12.5 Å². The summed E-state index contributed by atoms with van der Waals surface area (Å²) in [6.07, 6.45) is 0. The molecule has 27 heavy (non-hydrogen) atoms. The highest BCUT2D eigenvalue weighted by Gasteiger charge is 2.29. The van der Waals surface area contributed by atoms with Gasteiger partial charge >= 0.3 is 0 Å². The van der Waals surface area contributed by atoms with Crippen LogP contribution >= 0.6 is 65.3 Å². The lowest BCUT2D eigenvalue weighted by Crippen LogP contribution is -2.26. The Morgan fingerprint density at radius 1 is 1.07 bits per heavy atom. The third-order valence-electron chi connectivity index (χ3n) is 3.81. The second kappa shape index (κ2) is 7.58. The van der Waals surface area contributed by atoms with Gasteiger partial charge in [-0.1, -0.05) is 83.0 Å². The standard InChI is InChI=1S/C15H13N3O2S7/c1-3-18-10-12(16-17-27(19,20)9-6-4-8(2)5-7-9)23-25-14(10)22-15-11(18)13(21)24-26-15/h4-7,17H,3H2,1-2H3/b16-12-. The van der Waals surface area contributed by atoms with Gasteiger partial charge in [-0.05, 0) is 26.0 Å². The Kier molecular flexibility index (Phi) is 5.49. The molecule has 0 unspecified atom stereocenters. The highest BCUT2D eigenvalue weighted by molar-refractivity contribution is 8.06. The maximum Gasteiger partial charge on any atom is 0.276 e. The quantitative estimate of drug-likeness (QED) is 0.301. The van der Waals surface area contributed by atoms with E-state index in [2.05, 4.69) is 21.8 Å². The molecule has 0 bridgehead atoms. The SMILES string of the molecule is CCN1c2c(ssc2=S)Sc2ss/c(=N\NS(=O)(=O)c3ccc(C)cc3)c21. The van der Waals surface area contributed by atoms with Gasteiger partial charge < -0.3 is 4.90 Å². The van der Waals surface area contributed by atoms with Crippen molar-refractivity contribution in [1.29, 1.82) is 0 Å². The summed E-state index contributed by atoms with van der Waals surface area (Å²) in [6, 6.07) is 6.69. The maximum absolute atomic E-state index is 12.5. The molecule has 0 amide bonds. The lowest BCUT2D eigenvalue weighted by atomic mass is 10.2. The van der Waals surface area contributed by atoms with Gasteiger partial charge in [0.05, 0.1) is 10.6 Å². The summed E-state index contributed by atoms with van der Waals surface area (Å²) in [5.74, 6) is 0. The average molecular weight is 492 g/mol. The fourth-order valence-corrected chi connectivity index (χ4v) is 10.8. The van der Waals surface area contributed by atoms with E-state index < -0.39 is 10.0 Å². The average Bonchev–Trinajstić information content (AvgIpc) is 3.22. The predicted molar refractivity (Wildman–Crippen MR) is 119 cm³/mol. The van der Waals surface area contributed by atoms with Crippen molar-refractivity contribution < 1.29 is 8.42 Å². The highest BCUT2D eigenvalue weighted by Crippen LogP contribution is 2.54. The molecule has 4 rings (SSSR count). The molecule has 142 valence electrons. The van der Waals surface area contributed by atoms with Gasteiger partial charge in [0, 0.05) is 6.54 Å². The van der Waals surface area contributed by atoms with Gasteiger partial charge in [0.1, 0.15) is 17.9 Å². The summed E-state index contributed by atoms with van der Waals surface area (Å²) in [7, 11) is 2.64. The molecule has 0 aliphatic carbocycles. The van der Waals surface area contributed by atoms with E-state index in [0.717, 1.165) is 31.5 Å². The van der Waals surface area contributed by atoms with Gasteiger partial charge in [0.15, 0.2) is 4.67 Å². The van der Waals surface area contributed by atoms with Crippen LogP contribution in [-0.2, 0) is 10.0 Å². The van der Waals surface area contributed by atoms with E-state index in [1.54, 1.807) is 67.0 Å². The van der Waals surface area contributed by atoms with Crippen molar-refractivity contribution in [3.63, 3.8) is 0 Å².